The molecule has 0 bridgehead atoms. The molecule has 2 N–H and O–H groups in total. The number of amides is 3. The standard InChI is InChI=1S/C23H20N4O5/c1-15-18(21(29)27(25-15)17-10-6-3-7-11-17)12-19-22(30)26(23(31)24-19)13-20(28)32-14-16-8-4-2-5-9-16/h2-12,25H,13-14H2,1H3,(H,24,31)/b19-12-. The van der Waals surface area contributed by atoms with Gasteiger partial charge in [-0.25, -0.2) is 14.4 Å². The molecule has 1 aromatic heterocycles. The number of aromatic amines is 1. The van der Waals surface area contributed by atoms with Crippen molar-refractivity contribution in [1.29, 1.82) is 0 Å². The van der Waals surface area contributed by atoms with Gasteiger partial charge >= 0.3 is 12.0 Å². The van der Waals surface area contributed by atoms with Crippen LogP contribution < -0.4 is 10.9 Å². The van der Waals surface area contributed by atoms with Gasteiger partial charge in [-0.05, 0) is 30.7 Å². The number of aromatic nitrogens is 2. The predicted octanol–water partition coefficient (Wildman–Crippen LogP) is 2.11. The van der Waals surface area contributed by atoms with E-state index < -0.39 is 24.5 Å². The van der Waals surface area contributed by atoms with Crippen molar-refractivity contribution in [3.8, 4) is 5.69 Å². The average molecular weight is 432 g/mol. The molecule has 4 rings (SSSR count). The molecule has 9 nitrogen and oxygen atoms in total. The zero-order valence-corrected chi connectivity index (χ0v) is 17.2. The third-order valence-corrected chi connectivity index (χ3v) is 4.91. The number of benzene rings is 2. The van der Waals surface area contributed by atoms with Gasteiger partial charge in [-0.3, -0.25) is 19.5 Å². The Labute approximate surface area is 182 Å². The number of nitrogens with one attached hydrogen (secondary N) is 2. The fourth-order valence-electron chi connectivity index (χ4n) is 3.26. The summed E-state index contributed by atoms with van der Waals surface area (Å²) in [5.41, 5.74) is 1.71. The quantitative estimate of drug-likeness (QED) is 0.352. The van der Waals surface area contributed by atoms with Crippen LogP contribution in [0, 0.1) is 6.92 Å². The Balaban J connectivity index is 1.49. The molecule has 0 aliphatic carbocycles. The molecule has 0 unspecified atom stereocenters. The van der Waals surface area contributed by atoms with Crippen LogP contribution in [0.3, 0.4) is 0 Å². The van der Waals surface area contributed by atoms with E-state index in [1.54, 1.807) is 43.3 Å². The SMILES string of the molecule is Cc1[nH]n(-c2ccccc2)c(=O)c1/C=C1\NC(=O)N(CC(=O)OCc2ccccc2)C1=O. The van der Waals surface area contributed by atoms with E-state index in [0.717, 1.165) is 10.5 Å². The first-order valence-electron chi connectivity index (χ1n) is 9.85. The van der Waals surface area contributed by atoms with Gasteiger partial charge in [-0.2, -0.15) is 0 Å². The van der Waals surface area contributed by atoms with Crippen molar-refractivity contribution in [1.82, 2.24) is 20.0 Å². The summed E-state index contributed by atoms with van der Waals surface area (Å²) in [6.45, 7) is 1.19. The summed E-state index contributed by atoms with van der Waals surface area (Å²) in [5, 5.41) is 5.37. The third kappa shape index (κ3) is 4.22. The van der Waals surface area contributed by atoms with Gasteiger partial charge in [-0.1, -0.05) is 48.5 Å². The van der Waals surface area contributed by atoms with E-state index in [9.17, 15) is 19.2 Å². The molecule has 3 aromatic rings. The number of ether oxygens (including phenoxy) is 1. The molecular weight excluding hydrogens is 412 g/mol. The van der Waals surface area contributed by atoms with Gasteiger partial charge in [0.25, 0.3) is 11.5 Å². The van der Waals surface area contributed by atoms with E-state index in [0.29, 0.717) is 11.4 Å². The molecule has 0 saturated carbocycles. The molecule has 0 atom stereocenters. The molecule has 1 fully saturated rings. The second-order valence-electron chi connectivity index (χ2n) is 7.15. The van der Waals surface area contributed by atoms with Gasteiger partial charge in [0, 0.05) is 5.69 Å². The Hall–Kier alpha value is -4.40. The van der Waals surface area contributed by atoms with Crippen LogP contribution in [0.15, 0.2) is 71.2 Å². The molecule has 0 radical (unpaired) electrons. The zero-order chi connectivity index (χ0) is 22.7. The van der Waals surface area contributed by atoms with Gasteiger partial charge in [0.1, 0.15) is 18.8 Å². The fraction of sp³-hybridized carbons (Fsp3) is 0.130. The summed E-state index contributed by atoms with van der Waals surface area (Å²) >= 11 is 0. The highest BCUT2D eigenvalue weighted by Gasteiger charge is 2.35. The highest BCUT2D eigenvalue weighted by molar-refractivity contribution is 6.15. The fourth-order valence-corrected chi connectivity index (χ4v) is 3.26. The number of para-hydroxylation sites is 1. The number of carbonyl (C=O) groups is 3. The summed E-state index contributed by atoms with van der Waals surface area (Å²) in [5.74, 6) is -1.43. The first-order valence-corrected chi connectivity index (χ1v) is 9.85. The maximum atomic E-state index is 12.8. The number of rotatable bonds is 6. The number of imide groups is 1. The summed E-state index contributed by atoms with van der Waals surface area (Å²) in [6.07, 6.45) is 1.31. The maximum Gasteiger partial charge on any atom is 0.329 e. The van der Waals surface area contributed by atoms with E-state index in [4.69, 9.17) is 4.74 Å². The lowest BCUT2D eigenvalue weighted by molar-refractivity contribution is -0.147. The van der Waals surface area contributed by atoms with E-state index in [1.807, 2.05) is 24.3 Å². The molecule has 2 aromatic carbocycles. The van der Waals surface area contributed by atoms with Crippen molar-refractivity contribution < 1.29 is 19.1 Å². The summed E-state index contributed by atoms with van der Waals surface area (Å²) in [6, 6.07) is 17.3. The monoisotopic (exact) mass is 432 g/mol. The van der Waals surface area contributed by atoms with E-state index in [2.05, 4.69) is 10.4 Å². The topological polar surface area (TPSA) is 114 Å². The van der Waals surface area contributed by atoms with E-state index >= 15 is 0 Å². The van der Waals surface area contributed by atoms with Crippen LogP contribution in [-0.2, 0) is 20.9 Å². The molecule has 32 heavy (non-hydrogen) atoms. The number of esters is 1. The van der Waals surface area contributed by atoms with Crippen LogP contribution in [0.2, 0.25) is 0 Å². The van der Waals surface area contributed by atoms with Gasteiger partial charge < -0.3 is 10.1 Å². The Kier molecular flexibility index (Phi) is 5.71. The lowest BCUT2D eigenvalue weighted by atomic mass is 10.2. The Morgan fingerprint density at radius 2 is 1.66 bits per heavy atom. The van der Waals surface area contributed by atoms with Gasteiger partial charge in [0.2, 0.25) is 0 Å². The molecule has 2 heterocycles. The first-order chi connectivity index (χ1) is 15.4. The number of hydrogen-bond donors (Lipinski definition) is 2. The van der Waals surface area contributed by atoms with E-state index in [1.165, 1.54) is 10.8 Å². The number of hydrogen-bond acceptors (Lipinski definition) is 5. The Morgan fingerprint density at radius 3 is 2.34 bits per heavy atom. The smallest absolute Gasteiger partial charge is 0.329 e. The molecular formula is C23H20N4O5. The highest BCUT2D eigenvalue weighted by Crippen LogP contribution is 2.15. The van der Waals surface area contributed by atoms with Crippen LogP contribution in [0.5, 0.6) is 0 Å². The van der Waals surface area contributed by atoms with Crippen LogP contribution in [0.25, 0.3) is 11.8 Å². The highest BCUT2D eigenvalue weighted by atomic mass is 16.5. The largest absolute Gasteiger partial charge is 0.459 e. The lowest BCUT2D eigenvalue weighted by Crippen LogP contribution is -2.36. The minimum absolute atomic E-state index is 0.0353. The van der Waals surface area contributed by atoms with Crippen LogP contribution in [-0.4, -0.2) is 39.1 Å². The minimum Gasteiger partial charge on any atom is -0.459 e. The van der Waals surface area contributed by atoms with Gasteiger partial charge in [0.15, 0.2) is 0 Å². The number of nitrogens with zero attached hydrogens (tertiary/aromatic N) is 2. The molecule has 3 amide bonds. The Morgan fingerprint density at radius 1 is 1.00 bits per heavy atom. The molecule has 1 aliphatic heterocycles. The summed E-state index contributed by atoms with van der Waals surface area (Å²) < 4.78 is 6.49. The zero-order valence-electron chi connectivity index (χ0n) is 17.2. The van der Waals surface area contributed by atoms with Crippen LogP contribution >= 0.6 is 0 Å². The molecule has 1 saturated heterocycles. The van der Waals surface area contributed by atoms with Crippen molar-refractivity contribution in [3.05, 3.63) is 93.5 Å². The number of aryl methyl sites for hydroxylation is 1. The summed E-state index contributed by atoms with van der Waals surface area (Å²) in [4.78, 5) is 50.6. The van der Waals surface area contributed by atoms with Gasteiger partial charge in [0.05, 0.1) is 11.3 Å². The Bertz CT molecular complexity index is 1260. The summed E-state index contributed by atoms with van der Waals surface area (Å²) in [7, 11) is 0. The van der Waals surface area contributed by atoms with Crippen molar-refractivity contribution in [2.45, 2.75) is 13.5 Å². The molecule has 9 heteroatoms. The lowest BCUT2D eigenvalue weighted by Gasteiger charge is -2.11. The van der Waals surface area contributed by atoms with Crippen LogP contribution in [0.4, 0.5) is 4.79 Å². The van der Waals surface area contributed by atoms with Crippen LogP contribution in [0.1, 0.15) is 16.8 Å². The molecule has 162 valence electrons. The first kappa shape index (κ1) is 20.9. The predicted molar refractivity (Wildman–Crippen MR) is 116 cm³/mol. The van der Waals surface area contributed by atoms with E-state index in [-0.39, 0.29) is 23.4 Å². The molecule has 1 aliphatic rings. The van der Waals surface area contributed by atoms with Gasteiger partial charge in [-0.15, -0.1) is 0 Å². The number of urea groups is 1. The maximum absolute atomic E-state index is 12.8. The minimum atomic E-state index is -0.755. The third-order valence-electron chi connectivity index (χ3n) is 4.91. The average Bonchev–Trinajstić information content (AvgIpc) is 3.24. The van der Waals surface area contributed by atoms with Crippen molar-refractivity contribution in [3.63, 3.8) is 0 Å². The number of H-pyrrole nitrogens is 1. The second-order valence-corrected chi connectivity index (χ2v) is 7.15. The molecule has 0 spiro atoms. The second kappa shape index (κ2) is 8.76. The van der Waals surface area contributed by atoms with Crippen molar-refractivity contribution in [2.75, 3.05) is 6.54 Å². The van der Waals surface area contributed by atoms with Crippen molar-refractivity contribution >= 4 is 24.0 Å². The number of carbonyl (C=O) groups excluding carboxylic acids is 3. The van der Waals surface area contributed by atoms with Crippen molar-refractivity contribution in [2.24, 2.45) is 0 Å². The normalized spacial score (nSPS) is 14.7.